The van der Waals surface area contributed by atoms with E-state index in [-0.39, 0.29) is 0 Å². The Labute approximate surface area is 119 Å². The molecule has 1 aromatic carbocycles. The fraction of sp³-hybridized carbons (Fsp3) is 0.600. The predicted molar refractivity (Wildman–Crippen MR) is 81.5 cm³/mol. The topological polar surface area (TPSA) is 29.3 Å². The van der Waals surface area contributed by atoms with Crippen molar-refractivity contribution in [2.45, 2.75) is 51.6 Å². The van der Waals surface area contributed by atoms with Gasteiger partial charge in [0, 0.05) is 22.7 Å². The first-order valence-electron chi connectivity index (χ1n) is 6.99. The van der Waals surface area contributed by atoms with Gasteiger partial charge >= 0.3 is 0 Å². The Bertz CT molecular complexity index is 386. The maximum atomic E-state index is 5.95. The van der Waals surface area contributed by atoms with Crippen molar-refractivity contribution < 1.29 is 0 Å². The minimum absolute atomic E-state index is 0.761. The fourth-order valence-corrected chi connectivity index (χ4v) is 3.28. The second-order valence-electron chi connectivity index (χ2n) is 5.18. The zero-order valence-corrected chi connectivity index (χ0v) is 12.7. The van der Waals surface area contributed by atoms with Gasteiger partial charge in [0.25, 0.3) is 0 Å². The van der Waals surface area contributed by atoms with Gasteiger partial charge in [-0.2, -0.15) is 0 Å². The van der Waals surface area contributed by atoms with E-state index in [1.807, 2.05) is 12.1 Å². The molecule has 1 saturated carbocycles. The van der Waals surface area contributed by atoms with Crippen molar-refractivity contribution in [2.24, 2.45) is 0 Å². The quantitative estimate of drug-likeness (QED) is 0.845. The van der Waals surface area contributed by atoms with Gasteiger partial charge in [0.05, 0.1) is 0 Å². The van der Waals surface area contributed by atoms with Gasteiger partial charge in [0.1, 0.15) is 0 Å². The molecule has 1 aliphatic carbocycles. The highest BCUT2D eigenvalue weighted by Gasteiger charge is 2.20. The number of rotatable bonds is 4. The van der Waals surface area contributed by atoms with Crippen LogP contribution in [0.1, 0.15) is 44.6 Å². The van der Waals surface area contributed by atoms with Gasteiger partial charge in [-0.25, -0.2) is 0 Å². The number of hydrogen-bond acceptors (Lipinski definition) is 2. The van der Waals surface area contributed by atoms with E-state index in [0.717, 1.165) is 29.3 Å². The van der Waals surface area contributed by atoms with Crippen LogP contribution in [-0.2, 0) is 6.54 Å². The molecule has 1 aliphatic rings. The molecule has 0 spiro atoms. The number of halogens is 1. The minimum Gasteiger partial charge on any atom is -0.398 e. The summed E-state index contributed by atoms with van der Waals surface area (Å²) in [5.41, 5.74) is 8.10. The standard InChI is InChI=1S/C15H23BrN2/c1-2-18(13-8-4-3-5-9-13)11-12-7-6-10-14(17)15(12)16/h6-7,10,13H,2-5,8-9,11,17H2,1H3. The maximum absolute atomic E-state index is 5.95. The maximum Gasteiger partial charge on any atom is 0.0461 e. The molecule has 0 aliphatic heterocycles. The smallest absolute Gasteiger partial charge is 0.0461 e. The van der Waals surface area contributed by atoms with Crippen LogP contribution in [0.15, 0.2) is 22.7 Å². The number of nitrogens with zero attached hydrogens (tertiary/aromatic N) is 1. The zero-order valence-electron chi connectivity index (χ0n) is 11.2. The molecule has 0 unspecified atom stereocenters. The highest BCUT2D eigenvalue weighted by molar-refractivity contribution is 9.10. The predicted octanol–water partition coefficient (Wildman–Crippen LogP) is 4.19. The van der Waals surface area contributed by atoms with E-state index in [1.54, 1.807) is 0 Å². The van der Waals surface area contributed by atoms with Crippen LogP contribution in [0.3, 0.4) is 0 Å². The van der Waals surface area contributed by atoms with Crippen LogP contribution in [0.2, 0.25) is 0 Å². The molecular formula is C15H23BrN2. The van der Waals surface area contributed by atoms with Gasteiger partial charge in [-0.3, -0.25) is 4.90 Å². The first kappa shape index (κ1) is 13.9. The van der Waals surface area contributed by atoms with Crippen LogP contribution in [0, 0.1) is 0 Å². The number of anilines is 1. The molecule has 1 aromatic rings. The molecule has 0 bridgehead atoms. The van der Waals surface area contributed by atoms with E-state index in [9.17, 15) is 0 Å². The average Bonchev–Trinajstić information content (AvgIpc) is 2.41. The highest BCUT2D eigenvalue weighted by Crippen LogP contribution is 2.28. The van der Waals surface area contributed by atoms with Crippen molar-refractivity contribution in [3.05, 3.63) is 28.2 Å². The van der Waals surface area contributed by atoms with Crippen LogP contribution in [0.25, 0.3) is 0 Å². The highest BCUT2D eigenvalue weighted by atomic mass is 79.9. The molecule has 3 heteroatoms. The van der Waals surface area contributed by atoms with E-state index < -0.39 is 0 Å². The van der Waals surface area contributed by atoms with E-state index >= 15 is 0 Å². The molecular weight excluding hydrogens is 288 g/mol. The lowest BCUT2D eigenvalue weighted by Gasteiger charge is -2.33. The van der Waals surface area contributed by atoms with Crippen LogP contribution >= 0.6 is 15.9 Å². The fourth-order valence-electron chi connectivity index (χ4n) is 2.89. The average molecular weight is 311 g/mol. The summed E-state index contributed by atoms with van der Waals surface area (Å²) in [7, 11) is 0. The molecule has 1 fully saturated rings. The summed E-state index contributed by atoms with van der Waals surface area (Å²) in [5, 5.41) is 0. The number of hydrogen-bond donors (Lipinski definition) is 1. The minimum atomic E-state index is 0.761. The van der Waals surface area contributed by atoms with E-state index in [2.05, 4.69) is 33.8 Å². The summed E-state index contributed by atoms with van der Waals surface area (Å²) in [6, 6.07) is 6.93. The van der Waals surface area contributed by atoms with Crippen molar-refractivity contribution in [3.8, 4) is 0 Å². The third-order valence-corrected chi connectivity index (χ3v) is 4.95. The lowest BCUT2D eigenvalue weighted by atomic mass is 9.94. The molecule has 0 atom stereocenters. The molecule has 100 valence electrons. The summed E-state index contributed by atoms with van der Waals surface area (Å²) < 4.78 is 1.07. The molecule has 0 aromatic heterocycles. The molecule has 0 amide bonds. The lowest BCUT2D eigenvalue weighted by molar-refractivity contribution is 0.156. The van der Waals surface area contributed by atoms with E-state index in [0.29, 0.717) is 0 Å². The van der Waals surface area contributed by atoms with Crippen LogP contribution in [0.5, 0.6) is 0 Å². The molecule has 2 nitrogen and oxygen atoms in total. The Balaban J connectivity index is 2.07. The summed E-state index contributed by atoms with van der Waals surface area (Å²) in [5.74, 6) is 0. The largest absolute Gasteiger partial charge is 0.398 e. The number of nitrogens with two attached hydrogens (primary N) is 1. The third-order valence-electron chi connectivity index (χ3n) is 3.98. The first-order valence-corrected chi connectivity index (χ1v) is 7.78. The Morgan fingerprint density at radius 2 is 2.00 bits per heavy atom. The van der Waals surface area contributed by atoms with Crippen molar-refractivity contribution >= 4 is 21.6 Å². The van der Waals surface area contributed by atoms with Crippen LogP contribution in [0.4, 0.5) is 5.69 Å². The Kier molecular flexibility index (Phi) is 5.07. The van der Waals surface area contributed by atoms with Gasteiger partial charge in [-0.1, -0.05) is 38.3 Å². The second-order valence-corrected chi connectivity index (χ2v) is 5.97. The van der Waals surface area contributed by atoms with E-state index in [1.165, 1.54) is 37.7 Å². The number of nitrogen functional groups attached to an aromatic ring is 1. The van der Waals surface area contributed by atoms with Crippen LogP contribution < -0.4 is 5.73 Å². The Morgan fingerprint density at radius 1 is 1.28 bits per heavy atom. The second kappa shape index (κ2) is 6.58. The molecule has 0 heterocycles. The van der Waals surface area contributed by atoms with Gasteiger partial charge in [-0.15, -0.1) is 0 Å². The van der Waals surface area contributed by atoms with Crippen LogP contribution in [-0.4, -0.2) is 17.5 Å². The van der Waals surface area contributed by atoms with Crippen molar-refractivity contribution in [2.75, 3.05) is 12.3 Å². The normalized spacial score (nSPS) is 17.3. The summed E-state index contributed by atoms with van der Waals surface area (Å²) in [4.78, 5) is 2.60. The molecule has 2 rings (SSSR count). The third kappa shape index (κ3) is 3.27. The summed E-state index contributed by atoms with van der Waals surface area (Å²) in [6.45, 7) is 4.38. The van der Waals surface area contributed by atoms with Crippen molar-refractivity contribution in [1.82, 2.24) is 4.90 Å². The van der Waals surface area contributed by atoms with Gasteiger partial charge < -0.3 is 5.73 Å². The van der Waals surface area contributed by atoms with Crippen molar-refractivity contribution in [3.63, 3.8) is 0 Å². The summed E-state index contributed by atoms with van der Waals surface area (Å²) >= 11 is 3.61. The SMILES string of the molecule is CCN(Cc1cccc(N)c1Br)C1CCCCC1. The molecule has 2 N–H and O–H groups in total. The van der Waals surface area contributed by atoms with Gasteiger partial charge in [0.15, 0.2) is 0 Å². The Hall–Kier alpha value is -0.540. The molecule has 0 radical (unpaired) electrons. The monoisotopic (exact) mass is 310 g/mol. The van der Waals surface area contributed by atoms with E-state index in [4.69, 9.17) is 5.73 Å². The molecule has 18 heavy (non-hydrogen) atoms. The first-order chi connectivity index (χ1) is 8.72. The van der Waals surface area contributed by atoms with Gasteiger partial charge in [0.2, 0.25) is 0 Å². The Morgan fingerprint density at radius 3 is 2.67 bits per heavy atom. The zero-order chi connectivity index (χ0) is 13.0. The van der Waals surface area contributed by atoms with Gasteiger partial charge in [-0.05, 0) is 46.9 Å². The number of benzene rings is 1. The van der Waals surface area contributed by atoms with Crippen molar-refractivity contribution in [1.29, 1.82) is 0 Å². The lowest BCUT2D eigenvalue weighted by Crippen LogP contribution is -2.36. The summed E-state index contributed by atoms with van der Waals surface area (Å²) in [6.07, 6.45) is 6.90. The molecule has 0 saturated heterocycles.